The summed E-state index contributed by atoms with van der Waals surface area (Å²) in [5, 5.41) is 0. The largest absolute Gasteiger partial charge is 0.497 e. The quantitative estimate of drug-likeness (QED) is 0.705. The summed E-state index contributed by atoms with van der Waals surface area (Å²) in [5.74, 6) is 0.380. The minimum Gasteiger partial charge on any atom is -0.497 e. The summed E-state index contributed by atoms with van der Waals surface area (Å²) in [6.07, 6.45) is 3.18. The molecular formula is C22H26N2O3. The summed E-state index contributed by atoms with van der Waals surface area (Å²) in [4.78, 5) is 28.1. The van der Waals surface area contributed by atoms with Crippen LogP contribution in [0.5, 0.6) is 5.75 Å². The van der Waals surface area contributed by atoms with E-state index in [4.69, 9.17) is 4.74 Å². The number of amides is 2. The lowest BCUT2D eigenvalue weighted by Crippen LogP contribution is -2.40. The first-order valence-electron chi connectivity index (χ1n) is 8.89. The molecule has 0 aliphatic heterocycles. The van der Waals surface area contributed by atoms with Gasteiger partial charge < -0.3 is 14.5 Å². The van der Waals surface area contributed by atoms with E-state index in [2.05, 4.69) is 0 Å². The van der Waals surface area contributed by atoms with E-state index in [-0.39, 0.29) is 18.4 Å². The number of rotatable bonds is 7. The second-order valence-corrected chi connectivity index (χ2v) is 6.28. The number of hydrogen-bond acceptors (Lipinski definition) is 3. The molecule has 27 heavy (non-hydrogen) atoms. The number of carbonyl (C=O) groups excluding carboxylic acids is 2. The van der Waals surface area contributed by atoms with Crippen LogP contribution < -0.4 is 9.64 Å². The molecule has 0 unspecified atom stereocenters. The van der Waals surface area contributed by atoms with Crippen molar-refractivity contribution in [1.29, 1.82) is 0 Å². The van der Waals surface area contributed by atoms with Crippen molar-refractivity contribution in [1.82, 2.24) is 4.90 Å². The molecule has 142 valence electrons. The van der Waals surface area contributed by atoms with Gasteiger partial charge in [-0.15, -0.1) is 0 Å². The van der Waals surface area contributed by atoms with Gasteiger partial charge in [0.15, 0.2) is 0 Å². The highest BCUT2D eigenvalue weighted by atomic mass is 16.5. The Balaban J connectivity index is 2.01. The van der Waals surface area contributed by atoms with Crippen LogP contribution >= 0.6 is 0 Å². The van der Waals surface area contributed by atoms with Gasteiger partial charge in [-0.1, -0.05) is 24.3 Å². The van der Waals surface area contributed by atoms with Gasteiger partial charge in [-0.25, -0.2) is 0 Å². The van der Waals surface area contributed by atoms with E-state index in [1.165, 1.54) is 11.0 Å². The number of anilines is 1. The molecule has 2 aromatic rings. The minimum atomic E-state index is -0.230. The van der Waals surface area contributed by atoms with E-state index in [0.717, 1.165) is 22.6 Å². The van der Waals surface area contributed by atoms with Gasteiger partial charge in [0.1, 0.15) is 12.3 Å². The molecule has 0 saturated carbocycles. The molecule has 0 N–H and O–H groups in total. The van der Waals surface area contributed by atoms with E-state index in [1.54, 1.807) is 25.1 Å². The minimum absolute atomic E-state index is 0.0169. The van der Waals surface area contributed by atoms with Crippen molar-refractivity contribution in [2.24, 2.45) is 0 Å². The number of benzene rings is 2. The predicted octanol–water partition coefficient (Wildman–Crippen LogP) is 3.53. The maximum atomic E-state index is 12.7. The Hall–Kier alpha value is -3.08. The Labute approximate surface area is 160 Å². The fourth-order valence-corrected chi connectivity index (χ4v) is 2.70. The first kappa shape index (κ1) is 20.2. The third-order valence-electron chi connectivity index (χ3n) is 4.19. The van der Waals surface area contributed by atoms with Crippen LogP contribution in [-0.4, -0.2) is 44.0 Å². The van der Waals surface area contributed by atoms with E-state index in [1.807, 2.05) is 62.4 Å². The monoisotopic (exact) mass is 366 g/mol. The summed E-state index contributed by atoms with van der Waals surface area (Å²) in [5.41, 5.74) is 2.79. The normalized spacial score (nSPS) is 10.7. The molecule has 0 saturated heterocycles. The van der Waals surface area contributed by atoms with Crippen molar-refractivity contribution in [2.45, 2.75) is 13.8 Å². The van der Waals surface area contributed by atoms with Gasteiger partial charge in [-0.2, -0.15) is 0 Å². The number of carbonyl (C=O) groups is 2. The number of methoxy groups -OCH3 is 1. The average Bonchev–Trinajstić information content (AvgIpc) is 2.66. The van der Waals surface area contributed by atoms with E-state index in [0.29, 0.717) is 6.54 Å². The molecule has 0 spiro atoms. The first-order valence-corrected chi connectivity index (χ1v) is 8.89. The van der Waals surface area contributed by atoms with Crippen LogP contribution in [0.1, 0.15) is 18.1 Å². The smallest absolute Gasteiger partial charge is 0.246 e. The third kappa shape index (κ3) is 5.71. The standard InChI is InChI=1S/C22H26N2O3/c1-5-24(19-10-6-8-17(2)14-19)22(26)16-23(3)21(25)13-12-18-9-7-11-20(15-18)27-4/h6-15H,5,16H2,1-4H3/b13-12+. The van der Waals surface area contributed by atoms with Crippen molar-refractivity contribution >= 4 is 23.6 Å². The van der Waals surface area contributed by atoms with Crippen molar-refractivity contribution in [3.63, 3.8) is 0 Å². The lowest BCUT2D eigenvalue weighted by Gasteiger charge is -2.24. The molecular weight excluding hydrogens is 340 g/mol. The van der Waals surface area contributed by atoms with Crippen molar-refractivity contribution < 1.29 is 14.3 Å². The van der Waals surface area contributed by atoms with Gasteiger partial charge in [0, 0.05) is 25.4 Å². The second kappa shape index (κ2) is 9.57. The topological polar surface area (TPSA) is 49.9 Å². The molecule has 0 aliphatic rings. The number of likely N-dealkylation sites (N-methyl/N-ethyl adjacent to an activating group) is 2. The zero-order chi connectivity index (χ0) is 19.8. The third-order valence-corrected chi connectivity index (χ3v) is 4.19. The molecule has 2 rings (SSSR count). The van der Waals surface area contributed by atoms with Crippen LogP contribution in [0.15, 0.2) is 54.6 Å². The fourth-order valence-electron chi connectivity index (χ4n) is 2.70. The van der Waals surface area contributed by atoms with Crippen molar-refractivity contribution in [2.75, 3.05) is 32.1 Å². The Kier molecular flexibility index (Phi) is 7.17. The molecule has 0 aliphatic carbocycles. The van der Waals surface area contributed by atoms with Gasteiger partial charge in [0.05, 0.1) is 7.11 Å². The van der Waals surface area contributed by atoms with Crippen LogP contribution in [0.4, 0.5) is 5.69 Å². The molecule has 2 aromatic carbocycles. The number of ether oxygens (including phenoxy) is 1. The summed E-state index contributed by atoms with van der Waals surface area (Å²) < 4.78 is 5.17. The molecule has 0 bridgehead atoms. The lowest BCUT2D eigenvalue weighted by molar-refractivity contribution is -0.130. The van der Waals surface area contributed by atoms with Crippen LogP contribution in [0.25, 0.3) is 6.08 Å². The lowest BCUT2D eigenvalue weighted by atomic mass is 10.2. The highest BCUT2D eigenvalue weighted by Crippen LogP contribution is 2.16. The molecule has 5 heteroatoms. The van der Waals surface area contributed by atoms with Crippen LogP contribution in [0, 0.1) is 6.92 Å². The molecule has 0 heterocycles. The van der Waals surface area contributed by atoms with Crippen molar-refractivity contribution in [3.05, 3.63) is 65.7 Å². The summed E-state index contributed by atoms with van der Waals surface area (Å²) >= 11 is 0. The van der Waals surface area contributed by atoms with Gasteiger partial charge in [0.2, 0.25) is 11.8 Å². The average molecular weight is 366 g/mol. The highest BCUT2D eigenvalue weighted by molar-refractivity contribution is 5.99. The van der Waals surface area contributed by atoms with Gasteiger partial charge in [-0.05, 0) is 55.3 Å². The Bertz CT molecular complexity index is 830. The Morgan fingerprint density at radius 3 is 2.52 bits per heavy atom. The van der Waals surface area contributed by atoms with Gasteiger partial charge in [-0.3, -0.25) is 9.59 Å². The van der Waals surface area contributed by atoms with E-state index < -0.39 is 0 Å². The highest BCUT2D eigenvalue weighted by Gasteiger charge is 2.17. The zero-order valence-electron chi connectivity index (χ0n) is 16.3. The Morgan fingerprint density at radius 1 is 1.11 bits per heavy atom. The molecule has 0 atom stereocenters. The number of nitrogens with zero attached hydrogens (tertiary/aromatic N) is 2. The molecule has 0 fully saturated rings. The molecule has 0 aromatic heterocycles. The van der Waals surface area contributed by atoms with Gasteiger partial charge >= 0.3 is 0 Å². The maximum Gasteiger partial charge on any atom is 0.246 e. The summed E-state index contributed by atoms with van der Waals surface area (Å²) in [6, 6.07) is 15.2. The first-order chi connectivity index (χ1) is 12.9. The summed E-state index contributed by atoms with van der Waals surface area (Å²) in [6.45, 7) is 4.47. The molecule has 2 amide bonds. The van der Waals surface area contributed by atoms with E-state index >= 15 is 0 Å². The SMILES string of the molecule is CCN(C(=O)CN(C)C(=O)/C=C/c1cccc(OC)c1)c1cccc(C)c1. The van der Waals surface area contributed by atoms with Crippen molar-refractivity contribution in [3.8, 4) is 5.75 Å². The maximum absolute atomic E-state index is 12.7. The predicted molar refractivity (Wildman–Crippen MR) is 109 cm³/mol. The van der Waals surface area contributed by atoms with Gasteiger partial charge in [0.25, 0.3) is 0 Å². The second-order valence-electron chi connectivity index (χ2n) is 6.28. The number of hydrogen-bond donors (Lipinski definition) is 0. The fraction of sp³-hybridized carbons (Fsp3) is 0.273. The zero-order valence-corrected chi connectivity index (χ0v) is 16.3. The molecule has 5 nitrogen and oxygen atoms in total. The van der Waals surface area contributed by atoms with Crippen LogP contribution in [0.3, 0.4) is 0 Å². The number of aryl methyl sites for hydroxylation is 1. The van der Waals surface area contributed by atoms with Crippen LogP contribution in [-0.2, 0) is 9.59 Å². The summed E-state index contributed by atoms with van der Waals surface area (Å²) in [7, 11) is 3.22. The van der Waals surface area contributed by atoms with Crippen LogP contribution in [0.2, 0.25) is 0 Å². The Morgan fingerprint density at radius 2 is 1.85 bits per heavy atom. The van der Waals surface area contributed by atoms with E-state index in [9.17, 15) is 9.59 Å². The molecule has 0 radical (unpaired) electrons.